The molecule has 0 heterocycles. The van der Waals surface area contributed by atoms with Crippen molar-refractivity contribution in [3.05, 3.63) is 65.5 Å². The first-order valence-electron chi connectivity index (χ1n) is 7.46. The Kier molecular flexibility index (Phi) is 5.76. The number of rotatable bonds is 7. The Balaban J connectivity index is 0.00000242. The maximum atomic E-state index is 12.8. The lowest BCUT2D eigenvalue weighted by Crippen LogP contribution is -2.29. The van der Waals surface area contributed by atoms with Crippen LogP contribution in [-0.2, 0) is 12.8 Å². The van der Waals surface area contributed by atoms with Crippen LogP contribution in [0.5, 0.6) is 0 Å². The van der Waals surface area contributed by atoms with Gasteiger partial charge in [0.2, 0.25) is 0 Å². The molecule has 2 nitrogen and oxygen atoms in total. The number of nitrogens with two attached hydrogens (primary N) is 1. The molecule has 0 aromatic heterocycles. The highest BCUT2D eigenvalue weighted by molar-refractivity contribution is 5.39. The van der Waals surface area contributed by atoms with Gasteiger partial charge < -0.3 is 11.1 Å². The molecule has 3 heteroatoms. The van der Waals surface area contributed by atoms with Crippen molar-refractivity contribution in [2.24, 2.45) is 0 Å². The average molecular weight is 290 g/mol. The molecule has 1 atom stereocenters. The van der Waals surface area contributed by atoms with E-state index in [0.29, 0.717) is 6.04 Å². The van der Waals surface area contributed by atoms with Gasteiger partial charge in [0.1, 0.15) is 5.82 Å². The van der Waals surface area contributed by atoms with E-state index in [1.807, 2.05) is 24.3 Å². The molecule has 2 aromatic carbocycles. The van der Waals surface area contributed by atoms with Gasteiger partial charge in [0, 0.05) is 14.6 Å². The fraction of sp³-hybridized carbons (Fsp3) is 0.333. The maximum absolute atomic E-state index is 12.8. The summed E-state index contributed by atoms with van der Waals surface area (Å²) < 4.78 is 12.8. The van der Waals surface area contributed by atoms with Crippen molar-refractivity contribution in [3.8, 4) is 0 Å². The zero-order chi connectivity index (χ0) is 15.1. The second kappa shape index (κ2) is 7.79. The van der Waals surface area contributed by atoms with E-state index in [1.54, 1.807) is 0 Å². The zero-order valence-electron chi connectivity index (χ0n) is 12.5. The van der Waals surface area contributed by atoms with Gasteiger partial charge in [-0.25, -0.2) is 4.39 Å². The van der Waals surface area contributed by atoms with Crippen molar-refractivity contribution in [2.45, 2.75) is 32.2 Å². The first-order chi connectivity index (χ1) is 10.1. The summed E-state index contributed by atoms with van der Waals surface area (Å²) in [5.74, 6) is -0.178. The second-order valence-corrected chi connectivity index (χ2v) is 5.53. The van der Waals surface area contributed by atoms with E-state index < -0.39 is 0 Å². The van der Waals surface area contributed by atoms with E-state index in [1.165, 1.54) is 17.7 Å². The van der Waals surface area contributed by atoms with Gasteiger partial charge in [-0.15, -0.1) is 0 Å². The smallest absolute Gasteiger partial charge is 0.123 e. The molecule has 0 spiro atoms. The van der Waals surface area contributed by atoms with E-state index in [-0.39, 0.29) is 8.67 Å². The van der Waals surface area contributed by atoms with Crippen LogP contribution < -0.4 is 11.1 Å². The van der Waals surface area contributed by atoms with Crippen LogP contribution in [0.15, 0.2) is 48.5 Å². The summed E-state index contributed by atoms with van der Waals surface area (Å²) in [5.41, 5.74) is 8.96. The van der Waals surface area contributed by atoms with Gasteiger partial charge in [-0.2, -0.15) is 0 Å². The maximum Gasteiger partial charge on any atom is 0.123 e. The lowest BCUT2D eigenvalue weighted by molar-refractivity contribution is 0.533. The van der Waals surface area contributed by atoms with Gasteiger partial charge in [-0.1, -0.05) is 24.3 Å². The van der Waals surface area contributed by atoms with Crippen molar-refractivity contribution < 1.29 is 7.24 Å². The molecule has 116 valence electrons. The van der Waals surface area contributed by atoms with Crippen LogP contribution in [0.3, 0.4) is 0 Å². The molecular formula is C18H27FN2. The summed E-state index contributed by atoms with van der Waals surface area (Å²) in [6, 6.07) is 15.2. The molecule has 0 fully saturated rings. The SMILES string of the molecule is CC(Cc1ccc(F)cc1)NCCCc1ccc(N)cc1.[HH].[HH]. The average Bonchev–Trinajstić information content (AvgIpc) is 2.48. The fourth-order valence-electron chi connectivity index (χ4n) is 2.37. The molecule has 0 bridgehead atoms. The lowest BCUT2D eigenvalue weighted by Gasteiger charge is -2.14. The predicted molar refractivity (Wildman–Crippen MR) is 91.0 cm³/mol. The number of aryl methyl sites for hydroxylation is 1. The molecule has 0 radical (unpaired) electrons. The minimum atomic E-state index is -0.178. The summed E-state index contributed by atoms with van der Waals surface area (Å²) in [7, 11) is 0. The van der Waals surface area contributed by atoms with Gasteiger partial charge in [0.15, 0.2) is 0 Å². The molecule has 0 amide bonds. The third-order valence-electron chi connectivity index (χ3n) is 3.57. The van der Waals surface area contributed by atoms with E-state index >= 15 is 0 Å². The normalized spacial score (nSPS) is 12.3. The number of benzene rings is 2. The molecule has 3 N–H and O–H groups in total. The highest BCUT2D eigenvalue weighted by Gasteiger charge is 2.03. The molecule has 0 aliphatic carbocycles. The summed E-state index contributed by atoms with van der Waals surface area (Å²) in [6.45, 7) is 3.14. The van der Waals surface area contributed by atoms with Gasteiger partial charge in [-0.05, 0) is 68.1 Å². The van der Waals surface area contributed by atoms with Gasteiger partial charge in [0.25, 0.3) is 0 Å². The first-order valence-corrected chi connectivity index (χ1v) is 7.46. The minimum Gasteiger partial charge on any atom is -0.399 e. The highest BCUT2D eigenvalue weighted by atomic mass is 19.1. The molecular weight excluding hydrogens is 263 g/mol. The van der Waals surface area contributed by atoms with Gasteiger partial charge in [0.05, 0.1) is 0 Å². The van der Waals surface area contributed by atoms with E-state index in [4.69, 9.17) is 5.73 Å². The third kappa shape index (κ3) is 5.56. The molecule has 0 aliphatic rings. The molecule has 0 saturated heterocycles. The van der Waals surface area contributed by atoms with E-state index in [9.17, 15) is 4.39 Å². The Morgan fingerprint density at radius 2 is 1.67 bits per heavy atom. The van der Waals surface area contributed by atoms with E-state index in [0.717, 1.165) is 37.1 Å². The summed E-state index contributed by atoms with van der Waals surface area (Å²) >= 11 is 0. The van der Waals surface area contributed by atoms with Crippen molar-refractivity contribution in [3.63, 3.8) is 0 Å². The Morgan fingerprint density at radius 1 is 1.05 bits per heavy atom. The monoisotopic (exact) mass is 290 g/mol. The highest BCUT2D eigenvalue weighted by Crippen LogP contribution is 2.08. The van der Waals surface area contributed by atoms with Crippen molar-refractivity contribution in [2.75, 3.05) is 12.3 Å². The van der Waals surface area contributed by atoms with Crippen molar-refractivity contribution in [1.82, 2.24) is 5.32 Å². The van der Waals surface area contributed by atoms with Crippen LogP contribution in [0, 0.1) is 5.82 Å². The lowest BCUT2D eigenvalue weighted by atomic mass is 10.1. The summed E-state index contributed by atoms with van der Waals surface area (Å²) in [5, 5.41) is 3.51. The fourth-order valence-corrected chi connectivity index (χ4v) is 2.37. The quantitative estimate of drug-likeness (QED) is 0.596. The summed E-state index contributed by atoms with van der Waals surface area (Å²) in [4.78, 5) is 0. The largest absolute Gasteiger partial charge is 0.399 e. The number of hydrogen-bond acceptors (Lipinski definition) is 2. The standard InChI is InChI=1S/C18H23FN2.2H2/c1-14(13-16-4-8-17(19)9-5-16)21-12-2-3-15-6-10-18(20)11-7-15;;/h4-11,14,21H,2-3,12-13,20H2,1H3;2*1H. The van der Waals surface area contributed by atoms with Gasteiger partial charge >= 0.3 is 0 Å². The topological polar surface area (TPSA) is 38.0 Å². The van der Waals surface area contributed by atoms with Crippen molar-refractivity contribution >= 4 is 5.69 Å². The van der Waals surface area contributed by atoms with Crippen LogP contribution in [0.4, 0.5) is 10.1 Å². The molecule has 0 saturated carbocycles. The Bertz CT molecular complexity index is 544. The molecule has 2 aromatic rings. The predicted octanol–water partition coefficient (Wildman–Crippen LogP) is 4.05. The number of nitrogens with one attached hydrogen (secondary N) is 1. The molecule has 1 unspecified atom stereocenters. The van der Waals surface area contributed by atoms with Gasteiger partial charge in [-0.3, -0.25) is 0 Å². The molecule has 21 heavy (non-hydrogen) atoms. The Hall–Kier alpha value is -1.87. The van der Waals surface area contributed by atoms with Crippen LogP contribution in [0.2, 0.25) is 0 Å². The number of nitrogen functional groups attached to an aromatic ring is 1. The van der Waals surface area contributed by atoms with Crippen LogP contribution >= 0.6 is 0 Å². The molecule has 0 aliphatic heterocycles. The van der Waals surface area contributed by atoms with Crippen molar-refractivity contribution in [1.29, 1.82) is 0 Å². The van der Waals surface area contributed by atoms with Crippen LogP contribution in [-0.4, -0.2) is 12.6 Å². The molecule has 2 rings (SSSR count). The van der Waals surface area contributed by atoms with Crippen LogP contribution in [0.25, 0.3) is 0 Å². The van der Waals surface area contributed by atoms with Crippen LogP contribution in [0.1, 0.15) is 27.3 Å². The number of anilines is 1. The number of hydrogen-bond donors (Lipinski definition) is 2. The zero-order valence-corrected chi connectivity index (χ0v) is 12.5. The second-order valence-electron chi connectivity index (χ2n) is 5.53. The Labute approximate surface area is 129 Å². The summed E-state index contributed by atoms with van der Waals surface area (Å²) in [6.07, 6.45) is 3.07. The minimum absolute atomic E-state index is 0. The van der Waals surface area contributed by atoms with E-state index in [2.05, 4.69) is 24.4 Å². The third-order valence-corrected chi connectivity index (χ3v) is 3.57. The first kappa shape index (κ1) is 15.5. The Morgan fingerprint density at radius 3 is 2.33 bits per heavy atom. The number of halogens is 1.